The quantitative estimate of drug-likeness (QED) is 0.205. The Hall–Kier alpha value is -3.99. The van der Waals surface area contributed by atoms with Crippen LogP contribution in [-0.2, 0) is 7.05 Å². The minimum Gasteiger partial charge on any atom is -0.308 e. The lowest BCUT2D eigenvalue weighted by molar-refractivity contribution is -0.659. The van der Waals surface area contributed by atoms with Gasteiger partial charge in [-0.05, 0) is 42.1 Å². The van der Waals surface area contributed by atoms with Crippen LogP contribution in [0.1, 0.15) is 5.56 Å². The minimum absolute atomic E-state index is 1.25. The van der Waals surface area contributed by atoms with Gasteiger partial charge in [-0.1, -0.05) is 66.7 Å². The van der Waals surface area contributed by atoms with Gasteiger partial charge in [0, 0.05) is 32.3 Å². The minimum atomic E-state index is 1.25. The fraction of sp³-hybridized carbons (Fsp3) is 0.0606. The summed E-state index contributed by atoms with van der Waals surface area (Å²) >= 11 is 3.83. The molecular formula is C33H23N2S2+. The molecule has 4 aromatic heterocycles. The third-order valence-electron chi connectivity index (χ3n) is 7.65. The van der Waals surface area contributed by atoms with Gasteiger partial charge in [0.25, 0.3) is 0 Å². The van der Waals surface area contributed by atoms with Crippen molar-refractivity contribution in [2.24, 2.45) is 7.05 Å². The van der Waals surface area contributed by atoms with Gasteiger partial charge in [0.15, 0.2) is 6.20 Å². The molecule has 0 atom stereocenters. The Morgan fingerprint density at radius 2 is 1.22 bits per heavy atom. The summed E-state index contributed by atoms with van der Waals surface area (Å²) < 4.78 is 8.78. The SMILES string of the molecule is Cc1c(-c2c3sc4c(-n5c6ccccc6c6ccccc65)cccc4c3cc[n+]2C)sc2ccccc12. The van der Waals surface area contributed by atoms with Crippen molar-refractivity contribution < 1.29 is 4.57 Å². The van der Waals surface area contributed by atoms with E-state index in [1.807, 2.05) is 22.7 Å². The van der Waals surface area contributed by atoms with E-state index in [1.54, 1.807) is 0 Å². The van der Waals surface area contributed by atoms with Gasteiger partial charge in [-0.25, -0.2) is 0 Å². The van der Waals surface area contributed by atoms with E-state index in [0.717, 1.165) is 0 Å². The topological polar surface area (TPSA) is 8.81 Å². The normalized spacial score (nSPS) is 12.1. The Morgan fingerprint density at radius 1 is 0.595 bits per heavy atom. The van der Waals surface area contributed by atoms with Crippen molar-refractivity contribution >= 4 is 74.7 Å². The molecule has 0 aliphatic rings. The first-order valence-electron chi connectivity index (χ1n) is 12.5. The number of aromatic nitrogens is 2. The van der Waals surface area contributed by atoms with Crippen LogP contribution < -0.4 is 4.57 Å². The largest absolute Gasteiger partial charge is 0.308 e. The van der Waals surface area contributed by atoms with Crippen LogP contribution in [0.5, 0.6) is 0 Å². The van der Waals surface area contributed by atoms with E-state index in [-0.39, 0.29) is 0 Å². The molecule has 8 rings (SSSR count). The lowest BCUT2D eigenvalue weighted by Crippen LogP contribution is -2.30. The van der Waals surface area contributed by atoms with Crippen molar-refractivity contribution in [2.45, 2.75) is 6.92 Å². The molecule has 176 valence electrons. The third-order valence-corrected chi connectivity index (χ3v) is 10.2. The van der Waals surface area contributed by atoms with Crippen LogP contribution >= 0.6 is 22.7 Å². The maximum Gasteiger partial charge on any atom is 0.240 e. The van der Waals surface area contributed by atoms with E-state index in [2.05, 4.69) is 126 Å². The molecule has 37 heavy (non-hydrogen) atoms. The molecule has 0 saturated heterocycles. The van der Waals surface area contributed by atoms with Crippen molar-refractivity contribution in [3.8, 4) is 16.3 Å². The highest BCUT2D eigenvalue weighted by Gasteiger charge is 2.25. The van der Waals surface area contributed by atoms with Gasteiger partial charge in [0.1, 0.15) is 16.6 Å². The first-order chi connectivity index (χ1) is 18.2. The van der Waals surface area contributed by atoms with Crippen LogP contribution in [0.25, 0.3) is 68.3 Å². The standard InChI is InChI=1S/C33H23N2S2/c1-20-21-10-5-8-17-29(21)36-31(20)30-33-25(18-19-34(30)2)24-13-9-16-28(32(24)37-33)35-26-14-6-3-11-22(26)23-12-4-7-15-27(23)35/h3-19H,1-2H3/q+1. The lowest BCUT2D eigenvalue weighted by Gasteiger charge is -2.09. The van der Waals surface area contributed by atoms with Crippen molar-refractivity contribution in [1.82, 2.24) is 4.57 Å². The first-order valence-corrected chi connectivity index (χ1v) is 14.1. The molecule has 0 unspecified atom stereocenters. The number of aryl methyl sites for hydroxylation is 2. The molecule has 2 nitrogen and oxygen atoms in total. The molecule has 0 spiro atoms. The van der Waals surface area contributed by atoms with Gasteiger partial charge in [0.05, 0.1) is 21.4 Å². The van der Waals surface area contributed by atoms with Crippen molar-refractivity contribution in [2.75, 3.05) is 0 Å². The van der Waals surface area contributed by atoms with Crippen molar-refractivity contribution in [3.05, 3.63) is 109 Å². The number of hydrogen-bond donors (Lipinski definition) is 0. The molecule has 0 radical (unpaired) electrons. The van der Waals surface area contributed by atoms with E-state index < -0.39 is 0 Å². The second kappa shape index (κ2) is 7.75. The lowest BCUT2D eigenvalue weighted by atomic mass is 10.1. The Kier molecular flexibility index (Phi) is 4.43. The average Bonchev–Trinajstić information content (AvgIpc) is 3.58. The summed E-state index contributed by atoms with van der Waals surface area (Å²) in [5.41, 5.74) is 6.42. The number of nitrogens with zero attached hydrogens (tertiary/aromatic N) is 2. The highest BCUT2D eigenvalue weighted by atomic mass is 32.1. The number of thiophene rings is 2. The Morgan fingerprint density at radius 3 is 1.95 bits per heavy atom. The van der Waals surface area contributed by atoms with E-state index >= 15 is 0 Å². The van der Waals surface area contributed by atoms with Crippen molar-refractivity contribution in [3.63, 3.8) is 0 Å². The molecular weight excluding hydrogens is 489 g/mol. The smallest absolute Gasteiger partial charge is 0.240 e. The van der Waals surface area contributed by atoms with E-state index in [9.17, 15) is 0 Å². The molecule has 0 amide bonds. The number of fused-ring (bicyclic) bond motifs is 7. The first kappa shape index (κ1) is 21.1. The zero-order chi connectivity index (χ0) is 24.7. The number of rotatable bonds is 2. The van der Waals surface area contributed by atoms with Gasteiger partial charge < -0.3 is 4.57 Å². The molecule has 0 fully saturated rings. The van der Waals surface area contributed by atoms with Gasteiger partial charge in [-0.3, -0.25) is 0 Å². The van der Waals surface area contributed by atoms with Crippen LogP contribution in [0.15, 0.2) is 103 Å². The van der Waals surface area contributed by atoms with E-state index in [0.29, 0.717) is 0 Å². The second-order valence-electron chi connectivity index (χ2n) is 9.70. The summed E-state index contributed by atoms with van der Waals surface area (Å²) in [6.45, 7) is 2.27. The summed E-state index contributed by atoms with van der Waals surface area (Å²) in [7, 11) is 2.18. The Labute approximate surface area is 222 Å². The summed E-state index contributed by atoms with van der Waals surface area (Å²) in [6, 6.07) is 35.4. The predicted molar refractivity (Wildman–Crippen MR) is 160 cm³/mol. The Balaban J connectivity index is 1.49. The number of para-hydroxylation sites is 2. The predicted octanol–water partition coefficient (Wildman–Crippen LogP) is 9.17. The maximum absolute atomic E-state index is 2.45. The van der Waals surface area contributed by atoms with Crippen LogP contribution in [-0.4, -0.2) is 4.57 Å². The molecule has 0 aliphatic carbocycles. The van der Waals surface area contributed by atoms with Crippen LogP contribution in [0, 0.1) is 6.92 Å². The van der Waals surface area contributed by atoms with Crippen LogP contribution in [0.4, 0.5) is 0 Å². The molecule has 0 aliphatic heterocycles. The summed E-state index contributed by atoms with van der Waals surface area (Å²) in [5, 5.41) is 6.59. The molecule has 4 heteroatoms. The fourth-order valence-corrected chi connectivity index (χ4v) is 8.66. The molecule has 4 heterocycles. The van der Waals surface area contributed by atoms with E-state index in [1.165, 1.54) is 73.9 Å². The van der Waals surface area contributed by atoms with Gasteiger partial charge in [0.2, 0.25) is 5.69 Å². The number of benzene rings is 4. The molecule has 4 aromatic carbocycles. The van der Waals surface area contributed by atoms with E-state index in [4.69, 9.17) is 0 Å². The van der Waals surface area contributed by atoms with Gasteiger partial charge in [-0.2, -0.15) is 4.57 Å². The molecule has 0 saturated carbocycles. The Bertz CT molecular complexity index is 2120. The fourth-order valence-electron chi connectivity index (χ4n) is 5.91. The highest BCUT2D eigenvalue weighted by molar-refractivity contribution is 7.27. The third kappa shape index (κ3) is 2.88. The van der Waals surface area contributed by atoms with Crippen LogP contribution in [0.2, 0.25) is 0 Å². The zero-order valence-corrected chi connectivity index (χ0v) is 22.2. The molecule has 0 N–H and O–H groups in total. The van der Waals surface area contributed by atoms with Gasteiger partial charge >= 0.3 is 0 Å². The molecule has 0 bridgehead atoms. The van der Waals surface area contributed by atoms with Crippen molar-refractivity contribution in [1.29, 1.82) is 0 Å². The molecule has 8 aromatic rings. The highest BCUT2D eigenvalue weighted by Crippen LogP contribution is 2.45. The summed E-state index contributed by atoms with van der Waals surface area (Å²) in [5.74, 6) is 0. The summed E-state index contributed by atoms with van der Waals surface area (Å²) in [6.07, 6.45) is 2.22. The van der Waals surface area contributed by atoms with Crippen LogP contribution in [0.3, 0.4) is 0 Å². The summed E-state index contributed by atoms with van der Waals surface area (Å²) in [4.78, 5) is 1.36. The van der Waals surface area contributed by atoms with Gasteiger partial charge in [-0.15, -0.1) is 22.7 Å². The monoisotopic (exact) mass is 511 g/mol. The maximum atomic E-state index is 2.45. The average molecular weight is 512 g/mol. The number of pyridine rings is 1. The zero-order valence-electron chi connectivity index (χ0n) is 20.5. The number of hydrogen-bond acceptors (Lipinski definition) is 2. The second-order valence-corrected chi connectivity index (χ2v) is 11.8.